The van der Waals surface area contributed by atoms with Crippen LogP contribution in [-0.4, -0.2) is 60.4 Å². The molecular formula is C31H35ClN6O6. The number of rotatable bonds is 10. The molecule has 0 bridgehead atoms. The molecule has 0 fully saturated rings. The summed E-state index contributed by atoms with van der Waals surface area (Å²) in [5.41, 5.74) is 3.04. The van der Waals surface area contributed by atoms with Gasteiger partial charge in [0.05, 0.1) is 58.7 Å². The number of cyclic esters (lactones) is 1. The number of amides is 1. The van der Waals surface area contributed by atoms with Crippen LogP contribution in [0.4, 0.5) is 11.4 Å². The molecule has 13 heteroatoms. The van der Waals surface area contributed by atoms with Crippen LogP contribution in [0.5, 0.6) is 0 Å². The molecule has 232 valence electrons. The number of esters is 2. The number of benzene rings is 1. The van der Waals surface area contributed by atoms with E-state index in [9.17, 15) is 19.2 Å². The molecule has 5 heterocycles. The molecule has 3 aliphatic heterocycles. The standard InChI is InChI=1S/C31H34N6O6.ClH/c1-4-6-7-11-36-17-34-21-9-8-10-22-26(21)28(36)18-15-37-23(27(18)35-22)12-20-19(29(37)40)16-42-30(41)31(20,5-2)43-25(39)14-33-24(38)13-32-3;/h8-10,12,17,32H,4-7,11,13-16H2,1-3H3,(H,33,38);1H/t31-;/m0./s1. The number of pyridine rings is 2. The number of fused-ring (bicyclic) bond motifs is 5. The van der Waals surface area contributed by atoms with E-state index < -0.39 is 30.0 Å². The predicted octanol–water partition coefficient (Wildman–Crippen LogP) is 3.06. The maximum atomic E-state index is 14.0. The Morgan fingerprint density at radius 2 is 1.95 bits per heavy atom. The van der Waals surface area contributed by atoms with E-state index in [0.29, 0.717) is 17.9 Å². The predicted molar refractivity (Wildman–Crippen MR) is 168 cm³/mol. The van der Waals surface area contributed by atoms with Crippen LogP contribution in [0.1, 0.15) is 56.2 Å². The molecule has 1 amide bonds. The van der Waals surface area contributed by atoms with Gasteiger partial charge in [-0.15, -0.1) is 12.4 Å². The van der Waals surface area contributed by atoms with Crippen molar-refractivity contribution in [2.45, 2.75) is 58.3 Å². The average molecular weight is 623 g/mol. The molecule has 6 rings (SSSR count). The molecule has 3 aromatic rings. The van der Waals surface area contributed by atoms with Gasteiger partial charge in [0.1, 0.15) is 13.2 Å². The number of ether oxygens (including phenoxy) is 2. The van der Waals surface area contributed by atoms with Crippen LogP contribution in [0.3, 0.4) is 0 Å². The number of carbonyl (C=O) groups is 3. The maximum absolute atomic E-state index is 14.0. The highest BCUT2D eigenvalue weighted by Crippen LogP contribution is 2.47. The van der Waals surface area contributed by atoms with Crippen LogP contribution >= 0.6 is 12.4 Å². The van der Waals surface area contributed by atoms with Gasteiger partial charge < -0.3 is 29.6 Å². The summed E-state index contributed by atoms with van der Waals surface area (Å²) in [4.78, 5) is 63.9. The van der Waals surface area contributed by atoms with Crippen molar-refractivity contribution in [2.24, 2.45) is 4.99 Å². The number of nitrogens with one attached hydrogen (secondary N) is 2. The number of likely N-dealkylation sites (N-methyl/N-ethyl adjacent to an activating group) is 1. The highest BCUT2D eigenvalue weighted by Gasteiger charge is 2.50. The zero-order valence-corrected chi connectivity index (χ0v) is 25.7. The number of hydrogen-bond acceptors (Lipinski definition) is 10. The van der Waals surface area contributed by atoms with Crippen LogP contribution in [0, 0.1) is 0 Å². The molecule has 0 saturated heterocycles. The molecule has 2 aromatic heterocycles. The average Bonchev–Trinajstić information content (AvgIpc) is 3.37. The summed E-state index contributed by atoms with van der Waals surface area (Å²) in [6, 6.07) is 7.55. The fourth-order valence-corrected chi connectivity index (χ4v) is 6.18. The number of unbranched alkanes of at least 4 members (excludes halogenated alkanes) is 2. The third-order valence-corrected chi connectivity index (χ3v) is 8.31. The van der Waals surface area contributed by atoms with E-state index in [2.05, 4.69) is 27.4 Å². The van der Waals surface area contributed by atoms with Gasteiger partial charge in [-0.1, -0.05) is 32.8 Å². The van der Waals surface area contributed by atoms with Gasteiger partial charge in [-0.2, -0.15) is 0 Å². The summed E-state index contributed by atoms with van der Waals surface area (Å²) < 4.78 is 12.9. The molecule has 0 radical (unpaired) electrons. The Labute approximate surface area is 260 Å². The Morgan fingerprint density at radius 1 is 1.14 bits per heavy atom. The van der Waals surface area contributed by atoms with Crippen LogP contribution in [-0.2, 0) is 42.6 Å². The van der Waals surface area contributed by atoms with Gasteiger partial charge in [0.25, 0.3) is 5.56 Å². The van der Waals surface area contributed by atoms with E-state index in [1.54, 1.807) is 24.6 Å². The van der Waals surface area contributed by atoms with E-state index in [4.69, 9.17) is 14.5 Å². The monoisotopic (exact) mass is 622 g/mol. The van der Waals surface area contributed by atoms with E-state index >= 15 is 0 Å². The molecule has 0 unspecified atom stereocenters. The number of hydrogen-bond donors (Lipinski definition) is 2. The molecule has 1 atom stereocenters. The Morgan fingerprint density at radius 3 is 2.70 bits per heavy atom. The Bertz CT molecular complexity index is 1750. The number of nitrogens with zero attached hydrogens (tertiary/aromatic N) is 4. The van der Waals surface area contributed by atoms with E-state index in [1.165, 1.54) is 0 Å². The second kappa shape index (κ2) is 12.4. The van der Waals surface area contributed by atoms with E-state index in [-0.39, 0.29) is 48.7 Å². The third-order valence-electron chi connectivity index (χ3n) is 8.31. The molecule has 3 aliphatic rings. The molecular weight excluding hydrogens is 588 g/mol. The van der Waals surface area contributed by atoms with Crippen molar-refractivity contribution in [3.05, 3.63) is 51.3 Å². The summed E-state index contributed by atoms with van der Waals surface area (Å²) in [7, 11) is 1.61. The molecule has 44 heavy (non-hydrogen) atoms. The van der Waals surface area contributed by atoms with Gasteiger partial charge in [0.15, 0.2) is 0 Å². The quantitative estimate of drug-likeness (QED) is 0.201. The van der Waals surface area contributed by atoms with Gasteiger partial charge in [-0.05, 0) is 38.1 Å². The smallest absolute Gasteiger partial charge is 0.355 e. The first-order chi connectivity index (χ1) is 20.8. The molecule has 0 aliphatic carbocycles. The van der Waals surface area contributed by atoms with Crippen molar-refractivity contribution in [1.29, 1.82) is 0 Å². The first-order valence-electron chi connectivity index (χ1n) is 14.7. The zero-order chi connectivity index (χ0) is 30.3. The Balaban J connectivity index is 0.00000384. The minimum atomic E-state index is -1.84. The van der Waals surface area contributed by atoms with Gasteiger partial charge in [-0.3, -0.25) is 14.4 Å². The molecule has 0 saturated carbocycles. The zero-order valence-electron chi connectivity index (χ0n) is 24.9. The lowest BCUT2D eigenvalue weighted by molar-refractivity contribution is -0.189. The fraction of sp³-hybridized carbons (Fsp3) is 0.419. The van der Waals surface area contributed by atoms with Gasteiger partial charge in [0.2, 0.25) is 11.5 Å². The summed E-state index contributed by atoms with van der Waals surface area (Å²) in [5, 5.41) is 6.11. The summed E-state index contributed by atoms with van der Waals surface area (Å²) >= 11 is 0. The van der Waals surface area contributed by atoms with Crippen LogP contribution in [0.2, 0.25) is 0 Å². The minimum absolute atomic E-state index is 0. The SMILES string of the molecule is CCCCCN1C=Nc2cccc3nc4c(c1c23)Cn1c-4cc2c(c1=O)COC(=O)[C@@]2(CC)OC(=O)CNC(=O)CNC.Cl. The molecule has 2 N–H and O–H groups in total. The summed E-state index contributed by atoms with van der Waals surface area (Å²) in [5.74, 6) is -1.98. The van der Waals surface area contributed by atoms with Gasteiger partial charge in [-0.25, -0.2) is 14.8 Å². The largest absolute Gasteiger partial charge is 0.457 e. The van der Waals surface area contributed by atoms with E-state index in [0.717, 1.165) is 53.6 Å². The number of anilines is 1. The van der Waals surface area contributed by atoms with Crippen LogP contribution in [0.15, 0.2) is 34.1 Å². The van der Waals surface area contributed by atoms with Gasteiger partial charge in [0, 0.05) is 17.7 Å². The molecule has 1 aromatic carbocycles. The lowest BCUT2D eigenvalue weighted by atomic mass is 9.85. The Kier molecular flexibility index (Phi) is 8.76. The highest BCUT2D eigenvalue weighted by molar-refractivity contribution is 6.11. The topological polar surface area (TPSA) is 144 Å². The number of carbonyl (C=O) groups excluding carboxylic acids is 3. The number of aliphatic imine (C=N–C) groups is 1. The second-order valence-electron chi connectivity index (χ2n) is 11.0. The Hall–Kier alpha value is -4.29. The lowest BCUT2D eigenvalue weighted by Crippen LogP contribution is -2.49. The number of aromatic nitrogens is 2. The van der Waals surface area contributed by atoms with Crippen LogP contribution < -0.4 is 21.1 Å². The molecule has 0 spiro atoms. The van der Waals surface area contributed by atoms with Crippen molar-refractivity contribution in [2.75, 3.05) is 31.6 Å². The first kappa shape index (κ1) is 31.1. The summed E-state index contributed by atoms with van der Waals surface area (Å²) in [6.07, 6.45) is 5.05. The van der Waals surface area contributed by atoms with Gasteiger partial charge >= 0.3 is 11.9 Å². The summed E-state index contributed by atoms with van der Waals surface area (Å²) in [6.45, 7) is 4.28. The van der Waals surface area contributed by atoms with Crippen LogP contribution in [0.25, 0.3) is 22.3 Å². The first-order valence-corrected chi connectivity index (χ1v) is 14.7. The minimum Gasteiger partial charge on any atom is -0.457 e. The lowest BCUT2D eigenvalue weighted by Gasteiger charge is -2.35. The fourth-order valence-electron chi connectivity index (χ4n) is 6.18. The third kappa shape index (κ3) is 5.01. The highest BCUT2D eigenvalue weighted by atomic mass is 35.5. The number of halogens is 1. The normalized spacial score (nSPS) is 17.3. The van der Waals surface area contributed by atoms with Crippen molar-refractivity contribution >= 4 is 58.9 Å². The maximum Gasteiger partial charge on any atom is 0.355 e. The van der Waals surface area contributed by atoms with Crippen molar-refractivity contribution in [3.63, 3.8) is 0 Å². The second-order valence-corrected chi connectivity index (χ2v) is 11.0. The van der Waals surface area contributed by atoms with Crippen molar-refractivity contribution < 1.29 is 23.9 Å². The molecule has 12 nitrogen and oxygen atoms in total. The van der Waals surface area contributed by atoms with E-state index in [1.807, 2.05) is 24.5 Å². The van der Waals surface area contributed by atoms with Crippen molar-refractivity contribution in [1.82, 2.24) is 20.2 Å². The van der Waals surface area contributed by atoms with Crippen molar-refractivity contribution in [3.8, 4) is 11.4 Å².